The van der Waals surface area contributed by atoms with Gasteiger partial charge in [0, 0.05) is 5.02 Å². The average Bonchev–Trinajstić information content (AvgIpc) is 1.90. The zero-order valence-electron chi connectivity index (χ0n) is 5.08. The molecule has 0 radical (unpaired) electrons. The van der Waals surface area contributed by atoms with Gasteiger partial charge >= 0.3 is 0 Å². The molecule has 1 aromatic carbocycles. The van der Waals surface area contributed by atoms with Gasteiger partial charge in [-0.3, -0.25) is 0 Å². The molecule has 0 aliphatic rings. The average molecular weight is 180 g/mol. The minimum atomic E-state index is 0. The first kappa shape index (κ1) is 9.56. The molecule has 1 rings (SSSR count). The number of nitrogens with two attached hydrogens (primary N) is 1. The van der Waals surface area contributed by atoms with Crippen molar-refractivity contribution in [3.05, 3.63) is 29.3 Å². The van der Waals surface area contributed by atoms with E-state index in [-0.39, 0.29) is 12.4 Å². The van der Waals surface area contributed by atoms with Gasteiger partial charge in [-0.25, -0.2) is 0 Å². The van der Waals surface area contributed by atoms with Crippen LogP contribution in [-0.4, -0.2) is 0 Å². The predicted octanol–water partition coefficient (Wildman–Crippen LogP) is 2.01. The maximum absolute atomic E-state index is 5.57. The Morgan fingerprint density at radius 1 is 1.20 bits per heavy atom. The summed E-state index contributed by atoms with van der Waals surface area (Å²) in [5, 5.41) is 0.677. The lowest BCUT2D eigenvalue weighted by Crippen LogP contribution is -2.00. The molecule has 0 saturated heterocycles. The van der Waals surface area contributed by atoms with E-state index >= 15 is 0 Å². The smallest absolute Gasteiger partial charge is 0.146 e. The number of rotatable bonds is 1. The second kappa shape index (κ2) is 4.39. The summed E-state index contributed by atoms with van der Waals surface area (Å²) in [6.07, 6.45) is 0. The van der Waals surface area contributed by atoms with Crippen LogP contribution in [0.3, 0.4) is 0 Å². The minimum Gasteiger partial charge on any atom is -0.412 e. The van der Waals surface area contributed by atoms with Crippen LogP contribution < -0.4 is 10.7 Å². The van der Waals surface area contributed by atoms with Crippen LogP contribution in [-0.2, 0) is 0 Å². The van der Waals surface area contributed by atoms with Gasteiger partial charge in [0.05, 0.1) is 0 Å². The van der Waals surface area contributed by atoms with Crippen LogP contribution in [0.25, 0.3) is 0 Å². The van der Waals surface area contributed by atoms with Gasteiger partial charge in [-0.15, -0.1) is 12.4 Å². The summed E-state index contributed by atoms with van der Waals surface area (Å²) < 4.78 is 0. The highest BCUT2D eigenvalue weighted by atomic mass is 35.5. The summed E-state index contributed by atoms with van der Waals surface area (Å²) in [6, 6.07) is 6.82. The van der Waals surface area contributed by atoms with Crippen molar-refractivity contribution >= 4 is 24.0 Å². The Hall–Kier alpha value is -0.440. The minimum absolute atomic E-state index is 0. The number of benzene rings is 1. The topological polar surface area (TPSA) is 35.2 Å². The van der Waals surface area contributed by atoms with Crippen LogP contribution in [0.5, 0.6) is 5.75 Å². The summed E-state index contributed by atoms with van der Waals surface area (Å²) >= 11 is 5.57. The van der Waals surface area contributed by atoms with E-state index in [9.17, 15) is 0 Å². The monoisotopic (exact) mass is 179 g/mol. The summed E-state index contributed by atoms with van der Waals surface area (Å²) in [4.78, 5) is 4.41. The summed E-state index contributed by atoms with van der Waals surface area (Å²) in [5.74, 6) is 5.47. The molecule has 10 heavy (non-hydrogen) atoms. The lowest BCUT2D eigenvalue weighted by atomic mass is 10.3. The van der Waals surface area contributed by atoms with E-state index in [2.05, 4.69) is 4.84 Å². The van der Waals surface area contributed by atoms with Gasteiger partial charge in [0.2, 0.25) is 0 Å². The summed E-state index contributed by atoms with van der Waals surface area (Å²) in [5.41, 5.74) is 0. The molecule has 0 saturated carbocycles. The highest BCUT2D eigenvalue weighted by Gasteiger charge is 1.88. The molecule has 0 atom stereocenters. The van der Waals surface area contributed by atoms with E-state index < -0.39 is 0 Å². The van der Waals surface area contributed by atoms with Crippen LogP contribution in [0.15, 0.2) is 24.3 Å². The Bertz CT molecular complexity index is 187. The Balaban J connectivity index is 0.000000810. The van der Waals surface area contributed by atoms with E-state index in [0.717, 1.165) is 0 Å². The van der Waals surface area contributed by atoms with Crippen LogP contribution in [0, 0.1) is 0 Å². The van der Waals surface area contributed by atoms with E-state index in [1.165, 1.54) is 0 Å². The Kier molecular flexibility index (Phi) is 4.19. The molecule has 4 heteroatoms. The Morgan fingerprint density at radius 2 is 1.70 bits per heavy atom. The van der Waals surface area contributed by atoms with Crippen molar-refractivity contribution in [2.75, 3.05) is 0 Å². The lowest BCUT2D eigenvalue weighted by molar-refractivity contribution is 0.334. The van der Waals surface area contributed by atoms with E-state index in [1.54, 1.807) is 24.3 Å². The molecule has 0 unspecified atom stereocenters. The fourth-order valence-corrected chi connectivity index (χ4v) is 0.639. The fourth-order valence-electron chi connectivity index (χ4n) is 0.513. The molecule has 0 spiro atoms. The first-order chi connectivity index (χ1) is 4.33. The standard InChI is InChI=1S/C6H6ClNO.ClH/c7-5-1-3-6(9-8)4-2-5;/h1-4H,8H2;1H. The quantitative estimate of drug-likeness (QED) is 0.671. The number of halogens is 2. The molecule has 0 fully saturated rings. The van der Waals surface area contributed by atoms with Gasteiger partial charge in [0.1, 0.15) is 5.75 Å². The van der Waals surface area contributed by atoms with Gasteiger partial charge in [-0.2, -0.15) is 5.90 Å². The van der Waals surface area contributed by atoms with Gasteiger partial charge < -0.3 is 4.84 Å². The lowest BCUT2D eigenvalue weighted by Gasteiger charge is -1.94. The van der Waals surface area contributed by atoms with Gasteiger partial charge in [0.25, 0.3) is 0 Å². The fraction of sp³-hybridized carbons (Fsp3) is 0. The third kappa shape index (κ3) is 2.43. The highest BCUT2D eigenvalue weighted by molar-refractivity contribution is 6.30. The summed E-state index contributed by atoms with van der Waals surface area (Å²) in [6.45, 7) is 0. The van der Waals surface area contributed by atoms with Crippen LogP contribution in [0.1, 0.15) is 0 Å². The molecule has 0 amide bonds. The molecule has 2 nitrogen and oxygen atoms in total. The largest absolute Gasteiger partial charge is 0.412 e. The van der Waals surface area contributed by atoms with Crippen molar-refractivity contribution in [2.24, 2.45) is 5.90 Å². The molecule has 0 bridgehead atoms. The van der Waals surface area contributed by atoms with Crippen LogP contribution in [0.2, 0.25) is 5.02 Å². The highest BCUT2D eigenvalue weighted by Crippen LogP contribution is 2.13. The maximum Gasteiger partial charge on any atom is 0.146 e. The van der Waals surface area contributed by atoms with E-state index in [0.29, 0.717) is 10.8 Å². The zero-order chi connectivity index (χ0) is 6.69. The van der Waals surface area contributed by atoms with Crippen molar-refractivity contribution in [1.29, 1.82) is 0 Å². The second-order valence-electron chi connectivity index (χ2n) is 1.57. The zero-order valence-corrected chi connectivity index (χ0v) is 6.65. The Labute approximate surface area is 70.3 Å². The number of hydrogen-bond donors (Lipinski definition) is 1. The predicted molar refractivity (Wildman–Crippen MR) is 43.5 cm³/mol. The maximum atomic E-state index is 5.57. The third-order valence-corrected chi connectivity index (χ3v) is 1.20. The molecule has 0 heterocycles. The van der Waals surface area contributed by atoms with Crippen LogP contribution >= 0.6 is 24.0 Å². The molecule has 1 aromatic rings. The van der Waals surface area contributed by atoms with Gasteiger partial charge in [-0.1, -0.05) is 11.6 Å². The summed E-state index contributed by atoms with van der Waals surface area (Å²) in [7, 11) is 0. The second-order valence-corrected chi connectivity index (χ2v) is 2.01. The SMILES string of the molecule is Cl.NOc1ccc(Cl)cc1. The van der Waals surface area contributed by atoms with Crippen LogP contribution in [0.4, 0.5) is 0 Å². The van der Waals surface area contributed by atoms with Crippen molar-refractivity contribution in [3.8, 4) is 5.75 Å². The molecule has 0 aromatic heterocycles. The first-order valence-electron chi connectivity index (χ1n) is 2.45. The van der Waals surface area contributed by atoms with Gasteiger partial charge in [0.15, 0.2) is 0 Å². The molecule has 56 valence electrons. The number of hydrogen-bond acceptors (Lipinski definition) is 2. The first-order valence-corrected chi connectivity index (χ1v) is 2.83. The van der Waals surface area contributed by atoms with Crippen molar-refractivity contribution < 1.29 is 4.84 Å². The third-order valence-electron chi connectivity index (χ3n) is 0.950. The molecular weight excluding hydrogens is 173 g/mol. The van der Waals surface area contributed by atoms with Crippen molar-refractivity contribution in [3.63, 3.8) is 0 Å². The molecular formula is C6H7Cl2NO. The van der Waals surface area contributed by atoms with E-state index in [1.807, 2.05) is 0 Å². The van der Waals surface area contributed by atoms with Crippen molar-refractivity contribution in [1.82, 2.24) is 0 Å². The molecule has 0 aliphatic carbocycles. The Morgan fingerprint density at radius 3 is 2.10 bits per heavy atom. The normalized spacial score (nSPS) is 8.20. The van der Waals surface area contributed by atoms with Crippen molar-refractivity contribution in [2.45, 2.75) is 0 Å². The van der Waals surface area contributed by atoms with Gasteiger partial charge in [-0.05, 0) is 24.3 Å². The van der Waals surface area contributed by atoms with E-state index in [4.69, 9.17) is 17.5 Å². The molecule has 0 aliphatic heterocycles. The molecule has 2 N–H and O–H groups in total.